The SMILES string of the molecule is Cn1cc(C(=O)N2CCN(CC(=O)NCc3ccccc3)CC2)c2ccccc21. The van der Waals surface area contributed by atoms with Crippen LogP contribution in [0, 0.1) is 0 Å². The van der Waals surface area contributed by atoms with Crippen molar-refractivity contribution in [1.29, 1.82) is 0 Å². The second kappa shape index (κ2) is 8.49. The van der Waals surface area contributed by atoms with E-state index in [1.807, 2.05) is 77.3 Å². The van der Waals surface area contributed by atoms with Crippen LogP contribution < -0.4 is 5.32 Å². The number of carbonyl (C=O) groups excluding carboxylic acids is 2. The van der Waals surface area contributed by atoms with Crippen molar-refractivity contribution in [2.45, 2.75) is 6.54 Å². The van der Waals surface area contributed by atoms with Crippen molar-refractivity contribution in [2.75, 3.05) is 32.7 Å². The molecule has 29 heavy (non-hydrogen) atoms. The lowest BCUT2D eigenvalue weighted by Gasteiger charge is -2.34. The van der Waals surface area contributed by atoms with Gasteiger partial charge in [-0.1, -0.05) is 48.5 Å². The van der Waals surface area contributed by atoms with Gasteiger partial charge in [-0.05, 0) is 11.6 Å². The fourth-order valence-electron chi connectivity index (χ4n) is 3.85. The number of hydrogen-bond acceptors (Lipinski definition) is 3. The average Bonchev–Trinajstić information content (AvgIpc) is 3.10. The van der Waals surface area contributed by atoms with Crippen LogP contribution in [-0.4, -0.2) is 58.9 Å². The second-order valence-corrected chi connectivity index (χ2v) is 7.50. The number of benzene rings is 2. The minimum Gasteiger partial charge on any atom is -0.351 e. The van der Waals surface area contributed by atoms with Gasteiger partial charge < -0.3 is 14.8 Å². The molecule has 0 aliphatic carbocycles. The zero-order valence-electron chi connectivity index (χ0n) is 16.7. The highest BCUT2D eigenvalue weighted by molar-refractivity contribution is 6.07. The number of hydrogen-bond donors (Lipinski definition) is 1. The first-order valence-corrected chi connectivity index (χ1v) is 9.98. The summed E-state index contributed by atoms with van der Waals surface area (Å²) < 4.78 is 2.00. The van der Waals surface area contributed by atoms with E-state index in [1.165, 1.54) is 0 Å². The van der Waals surface area contributed by atoms with Crippen LogP contribution in [0.25, 0.3) is 10.9 Å². The van der Waals surface area contributed by atoms with Gasteiger partial charge >= 0.3 is 0 Å². The Hall–Kier alpha value is -3.12. The molecule has 0 bridgehead atoms. The van der Waals surface area contributed by atoms with Crippen LogP contribution in [0.15, 0.2) is 60.8 Å². The summed E-state index contributed by atoms with van der Waals surface area (Å²) >= 11 is 0. The lowest BCUT2D eigenvalue weighted by molar-refractivity contribution is -0.122. The van der Waals surface area contributed by atoms with Gasteiger partial charge in [0.25, 0.3) is 5.91 Å². The standard InChI is InChI=1S/C23H26N4O2/c1-25-16-20(19-9-5-6-10-21(19)25)23(29)27-13-11-26(12-14-27)17-22(28)24-15-18-7-3-2-4-8-18/h2-10,16H,11-15,17H2,1H3,(H,24,28). The molecule has 1 N–H and O–H groups in total. The zero-order chi connectivity index (χ0) is 20.2. The number of para-hydroxylation sites is 1. The molecule has 0 radical (unpaired) electrons. The van der Waals surface area contributed by atoms with E-state index in [4.69, 9.17) is 0 Å². The van der Waals surface area contributed by atoms with Crippen molar-refractivity contribution in [2.24, 2.45) is 7.05 Å². The van der Waals surface area contributed by atoms with Gasteiger partial charge in [0.1, 0.15) is 0 Å². The lowest BCUT2D eigenvalue weighted by atomic mass is 10.1. The fourth-order valence-corrected chi connectivity index (χ4v) is 3.85. The first kappa shape index (κ1) is 19.2. The predicted molar refractivity (Wildman–Crippen MR) is 114 cm³/mol. The summed E-state index contributed by atoms with van der Waals surface area (Å²) in [4.78, 5) is 29.3. The van der Waals surface area contributed by atoms with E-state index in [-0.39, 0.29) is 11.8 Å². The number of piperazine rings is 1. The quantitative estimate of drug-likeness (QED) is 0.727. The van der Waals surface area contributed by atoms with E-state index in [9.17, 15) is 9.59 Å². The Morgan fingerprint density at radius 2 is 1.62 bits per heavy atom. The highest BCUT2D eigenvalue weighted by Gasteiger charge is 2.25. The normalized spacial score (nSPS) is 14.9. The van der Waals surface area contributed by atoms with Crippen molar-refractivity contribution in [3.63, 3.8) is 0 Å². The van der Waals surface area contributed by atoms with Crippen LogP contribution in [0.1, 0.15) is 15.9 Å². The van der Waals surface area contributed by atoms with Gasteiger partial charge in [0.2, 0.25) is 5.91 Å². The van der Waals surface area contributed by atoms with Crippen LogP contribution in [0.3, 0.4) is 0 Å². The van der Waals surface area contributed by atoms with Crippen molar-refractivity contribution in [3.05, 3.63) is 71.9 Å². The molecule has 0 saturated carbocycles. The number of fused-ring (bicyclic) bond motifs is 1. The second-order valence-electron chi connectivity index (χ2n) is 7.50. The molecule has 1 aliphatic rings. The number of nitrogens with one attached hydrogen (secondary N) is 1. The summed E-state index contributed by atoms with van der Waals surface area (Å²) in [5.41, 5.74) is 2.90. The van der Waals surface area contributed by atoms with Gasteiger partial charge in [0.15, 0.2) is 0 Å². The predicted octanol–water partition coefficient (Wildman–Crippen LogP) is 2.25. The molecule has 150 valence electrons. The summed E-state index contributed by atoms with van der Waals surface area (Å²) in [5, 5.41) is 3.95. The number of amides is 2. The molecule has 0 unspecified atom stereocenters. The molecule has 6 heteroatoms. The third-order valence-corrected chi connectivity index (χ3v) is 5.49. The number of aromatic nitrogens is 1. The Kier molecular flexibility index (Phi) is 5.62. The Labute approximate surface area is 170 Å². The van der Waals surface area contributed by atoms with E-state index in [0.29, 0.717) is 39.3 Å². The van der Waals surface area contributed by atoms with Gasteiger partial charge in [-0.2, -0.15) is 0 Å². The Bertz CT molecular complexity index is 1000. The fraction of sp³-hybridized carbons (Fsp3) is 0.304. The van der Waals surface area contributed by atoms with E-state index in [2.05, 4.69) is 10.2 Å². The van der Waals surface area contributed by atoms with Crippen molar-refractivity contribution >= 4 is 22.7 Å². The Balaban J connectivity index is 1.30. The van der Waals surface area contributed by atoms with E-state index in [1.54, 1.807) is 0 Å². The Morgan fingerprint density at radius 1 is 0.931 bits per heavy atom. The number of carbonyl (C=O) groups is 2. The molecule has 1 aliphatic heterocycles. The average molecular weight is 390 g/mol. The molecule has 3 aromatic rings. The monoisotopic (exact) mass is 390 g/mol. The first-order chi connectivity index (χ1) is 14.1. The molecule has 0 spiro atoms. The minimum atomic E-state index is 0.0164. The summed E-state index contributed by atoms with van der Waals surface area (Å²) in [6, 6.07) is 17.9. The molecule has 0 atom stereocenters. The molecule has 4 rings (SSSR count). The van der Waals surface area contributed by atoms with Crippen LogP contribution in [0.2, 0.25) is 0 Å². The highest BCUT2D eigenvalue weighted by atomic mass is 16.2. The zero-order valence-corrected chi connectivity index (χ0v) is 16.7. The molecule has 1 aromatic heterocycles. The molecule has 6 nitrogen and oxygen atoms in total. The summed E-state index contributed by atoms with van der Waals surface area (Å²) in [5.74, 6) is 0.0812. The third-order valence-electron chi connectivity index (χ3n) is 5.49. The molecule has 2 heterocycles. The van der Waals surface area contributed by atoms with Crippen LogP contribution in [0.5, 0.6) is 0 Å². The van der Waals surface area contributed by atoms with Gasteiger partial charge in [-0.3, -0.25) is 14.5 Å². The Morgan fingerprint density at radius 3 is 2.38 bits per heavy atom. The largest absolute Gasteiger partial charge is 0.351 e. The number of aryl methyl sites for hydroxylation is 1. The van der Waals surface area contributed by atoms with Crippen molar-refractivity contribution < 1.29 is 9.59 Å². The maximum Gasteiger partial charge on any atom is 0.256 e. The topological polar surface area (TPSA) is 57.6 Å². The van der Waals surface area contributed by atoms with Crippen molar-refractivity contribution in [1.82, 2.24) is 19.7 Å². The highest BCUT2D eigenvalue weighted by Crippen LogP contribution is 2.22. The van der Waals surface area contributed by atoms with E-state index < -0.39 is 0 Å². The van der Waals surface area contributed by atoms with E-state index >= 15 is 0 Å². The number of rotatable bonds is 5. The van der Waals surface area contributed by atoms with Gasteiger partial charge in [0.05, 0.1) is 12.1 Å². The van der Waals surface area contributed by atoms with Crippen LogP contribution in [-0.2, 0) is 18.4 Å². The maximum atomic E-state index is 13.0. The number of nitrogens with zero attached hydrogens (tertiary/aromatic N) is 3. The van der Waals surface area contributed by atoms with Gasteiger partial charge in [0, 0.05) is 56.9 Å². The first-order valence-electron chi connectivity index (χ1n) is 9.98. The smallest absolute Gasteiger partial charge is 0.256 e. The van der Waals surface area contributed by atoms with E-state index in [0.717, 1.165) is 22.0 Å². The molecule has 2 amide bonds. The molecule has 1 saturated heterocycles. The summed E-state index contributed by atoms with van der Waals surface area (Å²) in [6.45, 7) is 3.58. The van der Waals surface area contributed by atoms with Crippen molar-refractivity contribution in [3.8, 4) is 0 Å². The van der Waals surface area contributed by atoms with Gasteiger partial charge in [-0.15, -0.1) is 0 Å². The van der Waals surface area contributed by atoms with Crippen LogP contribution in [0.4, 0.5) is 0 Å². The molecule has 1 fully saturated rings. The summed E-state index contributed by atoms with van der Waals surface area (Å²) in [6.07, 6.45) is 1.91. The maximum absolute atomic E-state index is 13.0. The lowest BCUT2D eigenvalue weighted by Crippen LogP contribution is -2.51. The molecule has 2 aromatic carbocycles. The van der Waals surface area contributed by atoms with Crippen LogP contribution >= 0.6 is 0 Å². The molecular formula is C23H26N4O2. The third kappa shape index (κ3) is 4.32. The summed E-state index contributed by atoms with van der Waals surface area (Å²) in [7, 11) is 1.96. The van der Waals surface area contributed by atoms with Gasteiger partial charge in [-0.25, -0.2) is 0 Å². The molecular weight excluding hydrogens is 364 g/mol. The minimum absolute atomic E-state index is 0.0164.